The fourth-order valence-corrected chi connectivity index (χ4v) is 3.81. The summed E-state index contributed by atoms with van der Waals surface area (Å²) in [6.07, 6.45) is 1.02. The lowest BCUT2D eigenvalue weighted by molar-refractivity contribution is 0.340. The van der Waals surface area contributed by atoms with Crippen molar-refractivity contribution in [1.29, 1.82) is 0 Å². The SMILES string of the molecule is CCOc1ccc2[nH]c3c(c2c1)CCNC3c1cc(C)cc(OC)c1. The van der Waals surface area contributed by atoms with Gasteiger partial charge < -0.3 is 19.8 Å². The number of nitrogens with one attached hydrogen (secondary N) is 2. The van der Waals surface area contributed by atoms with E-state index < -0.39 is 0 Å². The van der Waals surface area contributed by atoms with Gasteiger partial charge in [-0.05, 0) is 67.3 Å². The van der Waals surface area contributed by atoms with E-state index >= 15 is 0 Å². The van der Waals surface area contributed by atoms with Crippen molar-refractivity contribution < 1.29 is 9.47 Å². The van der Waals surface area contributed by atoms with Gasteiger partial charge in [-0.25, -0.2) is 0 Å². The molecule has 0 saturated carbocycles. The molecule has 1 unspecified atom stereocenters. The minimum Gasteiger partial charge on any atom is -0.497 e. The normalized spacial score (nSPS) is 16.7. The molecule has 0 amide bonds. The number of aromatic nitrogens is 1. The van der Waals surface area contributed by atoms with Crippen LogP contribution in [0.5, 0.6) is 11.5 Å². The number of hydrogen-bond donors (Lipinski definition) is 2. The summed E-state index contributed by atoms with van der Waals surface area (Å²) in [5.74, 6) is 1.84. The maximum atomic E-state index is 5.69. The Morgan fingerprint density at radius 3 is 2.80 bits per heavy atom. The Morgan fingerprint density at radius 2 is 2.00 bits per heavy atom. The van der Waals surface area contributed by atoms with Gasteiger partial charge in [0, 0.05) is 23.1 Å². The molecule has 25 heavy (non-hydrogen) atoms. The summed E-state index contributed by atoms with van der Waals surface area (Å²) in [5.41, 5.74) is 6.25. The molecule has 0 bridgehead atoms. The van der Waals surface area contributed by atoms with E-state index in [0.29, 0.717) is 6.61 Å². The van der Waals surface area contributed by atoms with E-state index in [1.54, 1.807) is 7.11 Å². The van der Waals surface area contributed by atoms with Gasteiger partial charge in [0.25, 0.3) is 0 Å². The molecule has 3 aromatic rings. The first kappa shape index (κ1) is 16.0. The van der Waals surface area contributed by atoms with Crippen molar-refractivity contribution in [2.24, 2.45) is 0 Å². The van der Waals surface area contributed by atoms with E-state index in [9.17, 15) is 0 Å². The Balaban J connectivity index is 1.82. The monoisotopic (exact) mass is 336 g/mol. The van der Waals surface area contributed by atoms with Gasteiger partial charge in [0.2, 0.25) is 0 Å². The Kier molecular flexibility index (Phi) is 4.14. The first-order valence-electron chi connectivity index (χ1n) is 8.86. The van der Waals surface area contributed by atoms with Gasteiger partial charge in [-0.1, -0.05) is 6.07 Å². The molecule has 4 nitrogen and oxygen atoms in total. The summed E-state index contributed by atoms with van der Waals surface area (Å²) in [6.45, 7) is 5.77. The molecule has 4 rings (SSSR count). The quantitative estimate of drug-likeness (QED) is 0.753. The third-order valence-corrected chi connectivity index (χ3v) is 4.88. The summed E-state index contributed by atoms with van der Waals surface area (Å²) in [7, 11) is 1.72. The van der Waals surface area contributed by atoms with Crippen LogP contribution in [0.15, 0.2) is 36.4 Å². The molecule has 4 heteroatoms. The molecule has 1 atom stereocenters. The van der Waals surface area contributed by atoms with Crippen molar-refractivity contribution in [3.8, 4) is 11.5 Å². The molecule has 1 aliphatic heterocycles. The molecule has 1 aliphatic rings. The fourth-order valence-electron chi connectivity index (χ4n) is 3.81. The highest BCUT2D eigenvalue weighted by molar-refractivity contribution is 5.86. The largest absolute Gasteiger partial charge is 0.497 e. The van der Waals surface area contributed by atoms with Crippen LogP contribution in [0.3, 0.4) is 0 Å². The highest BCUT2D eigenvalue weighted by Gasteiger charge is 2.26. The lowest BCUT2D eigenvalue weighted by Crippen LogP contribution is -2.30. The van der Waals surface area contributed by atoms with Gasteiger partial charge in [0.05, 0.1) is 19.8 Å². The van der Waals surface area contributed by atoms with Crippen LogP contribution >= 0.6 is 0 Å². The molecule has 0 fully saturated rings. The highest BCUT2D eigenvalue weighted by Crippen LogP contribution is 2.36. The first-order chi connectivity index (χ1) is 12.2. The molecule has 0 radical (unpaired) electrons. The molecule has 0 aliphatic carbocycles. The van der Waals surface area contributed by atoms with Gasteiger partial charge in [-0.3, -0.25) is 0 Å². The summed E-state index contributed by atoms with van der Waals surface area (Å²) < 4.78 is 11.1. The van der Waals surface area contributed by atoms with Crippen molar-refractivity contribution in [2.75, 3.05) is 20.3 Å². The minimum absolute atomic E-state index is 0.153. The van der Waals surface area contributed by atoms with Crippen LogP contribution in [-0.4, -0.2) is 25.2 Å². The lowest BCUT2D eigenvalue weighted by Gasteiger charge is -2.25. The molecule has 0 spiro atoms. The van der Waals surface area contributed by atoms with Crippen LogP contribution < -0.4 is 14.8 Å². The van der Waals surface area contributed by atoms with Gasteiger partial charge in [0.15, 0.2) is 0 Å². The van der Waals surface area contributed by atoms with Gasteiger partial charge in [-0.2, -0.15) is 0 Å². The van der Waals surface area contributed by atoms with Crippen molar-refractivity contribution >= 4 is 10.9 Å². The summed E-state index contributed by atoms with van der Waals surface area (Å²) in [5, 5.41) is 4.92. The number of ether oxygens (including phenoxy) is 2. The minimum atomic E-state index is 0.153. The molecule has 1 aromatic heterocycles. The number of H-pyrrole nitrogens is 1. The topological polar surface area (TPSA) is 46.3 Å². The van der Waals surface area contributed by atoms with Crippen LogP contribution in [0.1, 0.15) is 35.3 Å². The van der Waals surface area contributed by atoms with Gasteiger partial charge in [-0.15, -0.1) is 0 Å². The maximum absolute atomic E-state index is 5.69. The van der Waals surface area contributed by atoms with Gasteiger partial charge >= 0.3 is 0 Å². The van der Waals surface area contributed by atoms with Crippen molar-refractivity contribution in [3.05, 3.63) is 58.8 Å². The van der Waals surface area contributed by atoms with E-state index in [4.69, 9.17) is 9.47 Å². The number of fused-ring (bicyclic) bond motifs is 3. The second kappa shape index (κ2) is 6.45. The molecule has 2 N–H and O–H groups in total. The van der Waals surface area contributed by atoms with E-state index in [-0.39, 0.29) is 6.04 Å². The molecule has 2 heterocycles. The van der Waals surface area contributed by atoms with Crippen LogP contribution in [0.25, 0.3) is 10.9 Å². The third kappa shape index (κ3) is 2.87. The van der Waals surface area contributed by atoms with E-state index in [1.807, 2.05) is 13.0 Å². The standard InChI is InChI=1S/C21H24N2O2/c1-4-25-15-5-6-19-18(12-15)17-7-8-22-20(21(17)23-19)14-9-13(2)10-16(11-14)24-3/h5-6,9-12,20,22-23H,4,7-8H2,1-3H3. The number of rotatable bonds is 4. The highest BCUT2D eigenvalue weighted by atomic mass is 16.5. The van der Waals surface area contributed by atoms with Crippen LogP contribution in [0, 0.1) is 6.92 Å². The molecule has 130 valence electrons. The average Bonchev–Trinajstić information content (AvgIpc) is 2.99. The molecule has 2 aromatic carbocycles. The number of aryl methyl sites for hydroxylation is 1. The Hall–Kier alpha value is -2.46. The van der Waals surface area contributed by atoms with Crippen LogP contribution in [0.2, 0.25) is 0 Å². The van der Waals surface area contributed by atoms with E-state index in [0.717, 1.165) is 24.5 Å². The fraction of sp³-hybridized carbons (Fsp3) is 0.333. The first-order valence-corrected chi connectivity index (χ1v) is 8.86. The molecule has 0 saturated heterocycles. The zero-order chi connectivity index (χ0) is 17.4. The summed E-state index contributed by atoms with van der Waals surface area (Å²) >= 11 is 0. The predicted octanol–water partition coefficient (Wildman–Crippen LogP) is 4.12. The van der Waals surface area contributed by atoms with Crippen molar-refractivity contribution in [2.45, 2.75) is 26.3 Å². The Morgan fingerprint density at radius 1 is 1.12 bits per heavy atom. The average molecular weight is 336 g/mol. The van der Waals surface area contributed by atoms with Crippen LogP contribution in [0.4, 0.5) is 0 Å². The second-order valence-electron chi connectivity index (χ2n) is 6.58. The zero-order valence-electron chi connectivity index (χ0n) is 15.0. The zero-order valence-corrected chi connectivity index (χ0v) is 15.0. The maximum Gasteiger partial charge on any atom is 0.120 e. The summed E-state index contributed by atoms with van der Waals surface area (Å²) in [4.78, 5) is 3.63. The Labute approximate surface area is 148 Å². The summed E-state index contributed by atoms with van der Waals surface area (Å²) in [6, 6.07) is 12.9. The lowest BCUT2D eigenvalue weighted by atomic mass is 9.93. The number of benzene rings is 2. The molecular weight excluding hydrogens is 312 g/mol. The number of hydrogen-bond acceptors (Lipinski definition) is 3. The van der Waals surface area contributed by atoms with Crippen molar-refractivity contribution in [1.82, 2.24) is 10.3 Å². The number of methoxy groups -OCH3 is 1. The second-order valence-corrected chi connectivity index (χ2v) is 6.58. The van der Waals surface area contributed by atoms with Crippen LogP contribution in [-0.2, 0) is 6.42 Å². The third-order valence-electron chi connectivity index (χ3n) is 4.88. The number of aromatic amines is 1. The van der Waals surface area contributed by atoms with E-state index in [1.165, 1.54) is 33.3 Å². The predicted molar refractivity (Wildman–Crippen MR) is 101 cm³/mol. The molecular formula is C21H24N2O2. The smallest absolute Gasteiger partial charge is 0.120 e. The Bertz CT molecular complexity index is 914. The van der Waals surface area contributed by atoms with Crippen molar-refractivity contribution in [3.63, 3.8) is 0 Å². The van der Waals surface area contributed by atoms with Gasteiger partial charge in [0.1, 0.15) is 11.5 Å². The van der Waals surface area contributed by atoms with E-state index in [2.05, 4.69) is 47.6 Å².